The minimum atomic E-state index is -0.105. The van der Waals surface area contributed by atoms with Crippen LogP contribution in [0.1, 0.15) is 6.42 Å². The van der Waals surface area contributed by atoms with Crippen LogP contribution in [0.5, 0.6) is 11.5 Å². The van der Waals surface area contributed by atoms with Gasteiger partial charge in [-0.25, -0.2) is 4.79 Å². The maximum Gasteiger partial charge on any atom is 0.320 e. The third kappa shape index (κ3) is 4.50. The predicted molar refractivity (Wildman–Crippen MR) is 120 cm³/mol. The van der Waals surface area contributed by atoms with Crippen LogP contribution in [0.15, 0.2) is 54.6 Å². The fourth-order valence-corrected chi connectivity index (χ4v) is 4.58. The number of likely N-dealkylation sites (tertiary alicyclic amines) is 1. The van der Waals surface area contributed by atoms with Gasteiger partial charge < -0.3 is 29.5 Å². The number of piperidine rings is 1. The molecule has 8 nitrogen and oxygen atoms in total. The SMILES string of the molecule is O=C1CO[C@H]2CCN(C(=O)N3CCN(c4ccc(Oc5ccccc5)cc4)CC3)C[C@H]2N1. The Bertz CT molecular complexity index is 944. The molecule has 3 aliphatic heterocycles. The van der Waals surface area contributed by atoms with Gasteiger partial charge in [-0.3, -0.25) is 4.79 Å². The van der Waals surface area contributed by atoms with Gasteiger partial charge in [0.2, 0.25) is 5.91 Å². The maximum atomic E-state index is 13.0. The van der Waals surface area contributed by atoms with Crippen LogP contribution in [-0.2, 0) is 9.53 Å². The Labute approximate surface area is 187 Å². The lowest BCUT2D eigenvalue weighted by Gasteiger charge is -2.44. The molecule has 0 aliphatic carbocycles. The summed E-state index contributed by atoms with van der Waals surface area (Å²) < 4.78 is 11.5. The van der Waals surface area contributed by atoms with E-state index in [1.165, 1.54) is 0 Å². The zero-order chi connectivity index (χ0) is 21.9. The van der Waals surface area contributed by atoms with E-state index in [-0.39, 0.29) is 30.7 Å². The third-order valence-corrected chi connectivity index (χ3v) is 6.33. The Kier molecular flexibility index (Phi) is 5.85. The first-order chi connectivity index (χ1) is 15.7. The molecular formula is C24H28N4O4. The van der Waals surface area contributed by atoms with Gasteiger partial charge >= 0.3 is 6.03 Å². The Morgan fingerprint density at radius 2 is 1.62 bits per heavy atom. The molecule has 8 heteroatoms. The Morgan fingerprint density at radius 3 is 2.38 bits per heavy atom. The number of amides is 3. The van der Waals surface area contributed by atoms with Crippen LogP contribution in [0, 0.1) is 0 Å². The van der Waals surface area contributed by atoms with Crippen molar-refractivity contribution in [2.24, 2.45) is 0 Å². The average Bonchev–Trinajstić information content (AvgIpc) is 2.84. The molecule has 3 aliphatic rings. The van der Waals surface area contributed by atoms with Crippen molar-refractivity contribution in [3.63, 3.8) is 0 Å². The molecule has 3 amide bonds. The summed E-state index contributed by atoms with van der Waals surface area (Å²) in [4.78, 5) is 30.7. The highest BCUT2D eigenvalue weighted by Gasteiger charge is 2.37. The standard InChI is InChI=1S/C24H28N4O4/c29-23-17-31-22-10-11-28(16-21(22)25-23)24(30)27-14-12-26(13-15-27)18-6-8-20(9-7-18)32-19-4-2-1-3-5-19/h1-9,21-22H,10-17H2,(H,25,29)/t21-,22+/m1/s1. The van der Waals surface area contributed by atoms with Crippen LogP contribution in [0.2, 0.25) is 0 Å². The topological polar surface area (TPSA) is 74.4 Å². The van der Waals surface area contributed by atoms with Crippen molar-refractivity contribution >= 4 is 17.6 Å². The fraction of sp³-hybridized carbons (Fsp3) is 0.417. The lowest BCUT2D eigenvalue weighted by Crippen LogP contribution is -2.63. The first kappa shape index (κ1) is 20.6. The van der Waals surface area contributed by atoms with Crippen LogP contribution in [-0.4, -0.2) is 79.8 Å². The lowest BCUT2D eigenvalue weighted by atomic mass is 10.0. The predicted octanol–water partition coefficient (Wildman–Crippen LogP) is 2.31. The molecule has 0 radical (unpaired) electrons. The summed E-state index contributed by atoms with van der Waals surface area (Å²) in [6.45, 7) is 4.21. The number of piperazine rings is 1. The summed E-state index contributed by atoms with van der Waals surface area (Å²) in [5.41, 5.74) is 1.13. The summed E-state index contributed by atoms with van der Waals surface area (Å²) in [5.74, 6) is 1.51. The normalized spacial score (nSPS) is 23.4. The maximum absolute atomic E-state index is 13.0. The van der Waals surface area contributed by atoms with Crippen LogP contribution in [0.25, 0.3) is 0 Å². The van der Waals surface area contributed by atoms with Crippen LogP contribution in [0.4, 0.5) is 10.5 Å². The molecule has 0 saturated carbocycles. The van der Waals surface area contributed by atoms with Gasteiger partial charge in [-0.15, -0.1) is 0 Å². The molecule has 0 unspecified atom stereocenters. The molecule has 0 bridgehead atoms. The largest absolute Gasteiger partial charge is 0.457 e. The molecule has 1 N–H and O–H groups in total. The Morgan fingerprint density at radius 1 is 0.906 bits per heavy atom. The van der Waals surface area contributed by atoms with Gasteiger partial charge in [0, 0.05) is 45.0 Å². The number of benzene rings is 2. The molecule has 2 atom stereocenters. The van der Waals surface area contributed by atoms with E-state index in [9.17, 15) is 9.59 Å². The Hall–Kier alpha value is -3.26. The number of urea groups is 1. The average molecular weight is 437 g/mol. The van der Waals surface area contributed by atoms with Gasteiger partial charge in [0.15, 0.2) is 0 Å². The summed E-state index contributed by atoms with van der Waals surface area (Å²) in [6, 6.07) is 17.8. The highest BCUT2D eigenvalue weighted by molar-refractivity contribution is 5.79. The van der Waals surface area contributed by atoms with Crippen molar-refractivity contribution in [2.45, 2.75) is 18.6 Å². The first-order valence-corrected chi connectivity index (χ1v) is 11.2. The van der Waals surface area contributed by atoms with E-state index in [1.807, 2.05) is 52.3 Å². The second kappa shape index (κ2) is 9.08. The van der Waals surface area contributed by atoms with E-state index >= 15 is 0 Å². The number of fused-ring (bicyclic) bond motifs is 1. The summed E-state index contributed by atoms with van der Waals surface area (Å²) in [6.07, 6.45) is 0.774. The van der Waals surface area contributed by atoms with Crippen molar-refractivity contribution in [2.75, 3.05) is 50.8 Å². The van der Waals surface area contributed by atoms with Gasteiger partial charge in [-0.05, 0) is 42.8 Å². The summed E-state index contributed by atoms with van der Waals surface area (Å²) in [5, 5.41) is 2.96. The molecule has 0 aromatic heterocycles. The van der Waals surface area contributed by atoms with Crippen LogP contribution in [0.3, 0.4) is 0 Å². The molecule has 2 aromatic carbocycles. The molecule has 5 rings (SSSR count). The summed E-state index contributed by atoms with van der Waals surface area (Å²) in [7, 11) is 0. The van der Waals surface area contributed by atoms with E-state index < -0.39 is 0 Å². The van der Waals surface area contributed by atoms with Crippen molar-refractivity contribution in [1.82, 2.24) is 15.1 Å². The Balaban J connectivity index is 1.13. The van der Waals surface area contributed by atoms with E-state index in [2.05, 4.69) is 22.3 Å². The van der Waals surface area contributed by atoms with Crippen LogP contribution >= 0.6 is 0 Å². The van der Waals surface area contributed by atoms with E-state index in [0.717, 1.165) is 36.7 Å². The minimum absolute atomic E-state index is 0.0161. The molecule has 3 heterocycles. The number of ether oxygens (including phenoxy) is 2. The number of carbonyl (C=O) groups is 2. The third-order valence-electron chi connectivity index (χ3n) is 6.33. The van der Waals surface area contributed by atoms with Gasteiger partial charge in [-0.1, -0.05) is 18.2 Å². The lowest BCUT2D eigenvalue weighted by molar-refractivity contribution is -0.139. The zero-order valence-corrected chi connectivity index (χ0v) is 18.0. The molecule has 3 saturated heterocycles. The molecule has 2 aromatic rings. The number of morpholine rings is 1. The smallest absolute Gasteiger partial charge is 0.320 e. The number of hydrogen-bond acceptors (Lipinski definition) is 5. The van der Waals surface area contributed by atoms with Crippen molar-refractivity contribution in [3.8, 4) is 11.5 Å². The highest BCUT2D eigenvalue weighted by atomic mass is 16.5. The van der Waals surface area contributed by atoms with Crippen molar-refractivity contribution < 1.29 is 19.1 Å². The van der Waals surface area contributed by atoms with Gasteiger partial charge in [0.05, 0.1) is 12.1 Å². The molecule has 32 heavy (non-hydrogen) atoms. The van der Waals surface area contributed by atoms with Gasteiger partial charge in [0.25, 0.3) is 0 Å². The highest BCUT2D eigenvalue weighted by Crippen LogP contribution is 2.25. The quantitative estimate of drug-likeness (QED) is 0.799. The van der Waals surface area contributed by atoms with Crippen molar-refractivity contribution in [3.05, 3.63) is 54.6 Å². The summed E-state index contributed by atoms with van der Waals surface area (Å²) >= 11 is 0. The second-order valence-electron chi connectivity index (χ2n) is 8.42. The van der Waals surface area contributed by atoms with E-state index in [0.29, 0.717) is 26.2 Å². The second-order valence-corrected chi connectivity index (χ2v) is 8.42. The molecular weight excluding hydrogens is 408 g/mol. The zero-order valence-electron chi connectivity index (χ0n) is 18.0. The number of para-hydroxylation sites is 1. The number of carbonyl (C=O) groups excluding carboxylic acids is 2. The van der Waals surface area contributed by atoms with Gasteiger partial charge in [0.1, 0.15) is 18.1 Å². The molecule has 168 valence electrons. The van der Waals surface area contributed by atoms with E-state index in [4.69, 9.17) is 9.47 Å². The van der Waals surface area contributed by atoms with Crippen LogP contribution < -0.4 is 15.0 Å². The number of hydrogen-bond donors (Lipinski definition) is 1. The molecule has 0 spiro atoms. The van der Waals surface area contributed by atoms with Gasteiger partial charge in [-0.2, -0.15) is 0 Å². The van der Waals surface area contributed by atoms with Crippen molar-refractivity contribution in [1.29, 1.82) is 0 Å². The monoisotopic (exact) mass is 436 g/mol. The number of rotatable bonds is 3. The minimum Gasteiger partial charge on any atom is -0.457 e. The number of nitrogens with one attached hydrogen (secondary N) is 1. The first-order valence-electron chi connectivity index (χ1n) is 11.2. The fourth-order valence-electron chi connectivity index (χ4n) is 4.58. The number of anilines is 1. The van der Waals surface area contributed by atoms with E-state index in [1.54, 1.807) is 0 Å². The molecule has 3 fully saturated rings. The number of nitrogens with zero attached hydrogens (tertiary/aromatic N) is 3.